The predicted molar refractivity (Wildman–Crippen MR) is 240 cm³/mol. The van der Waals surface area contributed by atoms with Crippen molar-refractivity contribution in [2.45, 2.75) is 128 Å². The maximum atomic E-state index is 15.7. The van der Waals surface area contributed by atoms with Crippen LogP contribution in [-0.4, -0.2) is 118 Å². The molecule has 0 aromatic heterocycles. The third kappa shape index (κ3) is 8.76. The first-order valence-corrected chi connectivity index (χ1v) is 22.4. The van der Waals surface area contributed by atoms with E-state index in [1.165, 1.54) is 53.0 Å². The van der Waals surface area contributed by atoms with Gasteiger partial charge in [0.05, 0.1) is 42.8 Å². The molecule has 0 radical (unpaired) electrons. The predicted octanol–water partition coefficient (Wildman–Crippen LogP) is 5.13. The van der Waals surface area contributed by atoms with Crippen molar-refractivity contribution in [2.24, 2.45) is 16.7 Å². The van der Waals surface area contributed by atoms with Crippen LogP contribution in [0.5, 0.6) is 5.75 Å². The van der Waals surface area contributed by atoms with Crippen LogP contribution < -0.4 is 10.1 Å². The number of aliphatic hydroxyl groups is 3. The Bertz CT molecular complexity index is 2480. The number of ether oxygens (including phenoxy) is 7. The summed E-state index contributed by atoms with van der Waals surface area (Å²) >= 11 is 0. The Labute approximate surface area is 394 Å². The van der Waals surface area contributed by atoms with Crippen molar-refractivity contribution in [1.29, 1.82) is 0 Å². The van der Waals surface area contributed by atoms with E-state index in [2.05, 4.69) is 5.32 Å². The van der Waals surface area contributed by atoms with E-state index in [0.717, 1.165) is 6.92 Å². The van der Waals surface area contributed by atoms with Crippen molar-refractivity contribution in [1.82, 2.24) is 5.32 Å². The van der Waals surface area contributed by atoms with Crippen molar-refractivity contribution in [3.05, 3.63) is 113 Å². The van der Waals surface area contributed by atoms with Gasteiger partial charge >= 0.3 is 24.1 Å². The van der Waals surface area contributed by atoms with E-state index in [4.69, 9.17) is 33.2 Å². The van der Waals surface area contributed by atoms with E-state index in [0.29, 0.717) is 5.56 Å². The van der Waals surface area contributed by atoms with Crippen LogP contribution in [0.3, 0.4) is 0 Å². The van der Waals surface area contributed by atoms with Crippen molar-refractivity contribution in [3.8, 4) is 5.75 Å². The van der Waals surface area contributed by atoms with Gasteiger partial charge in [-0.1, -0.05) is 68.4 Å². The van der Waals surface area contributed by atoms with Crippen LogP contribution in [0.4, 0.5) is 4.79 Å². The second-order valence-electron chi connectivity index (χ2n) is 19.7. The number of nitrogens with one attached hydrogen (secondary N) is 1. The lowest BCUT2D eigenvalue weighted by atomic mass is 9.44. The topological polar surface area (TPSA) is 240 Å². The van der Waals surface area contributed by atoms with Gasteiger partial charge in [0.25, 0.3) is 5.91 Å². The summed E-state index contributed by atoms with van der Waals surface area (Å²) in [5, 5.41) is 40.8. The summed E-state index contributed by atoms with van der Waals surface area (Å²) < 4.78 is 41.7. The third-order valence-electron chi connectivity index (χ3n) is 14.1. The summed E-state index contributed by atoms with van der Waals surface area (Å²) in [5.74, 6) is -6.13. The molecule has 68 heavy (non-hydrogen) atoms. The number of rotatable bonds is 11. The first-order chi connectivity index (χ1) is 31.9. The van der Waals surface area contributed by atoms with Gasteiger partial charge in [0.15, 0.2) is 23.6 Å². The van der Waals surface area contributed by atoms with E-state index in [1.54, 1.807) is 87.5 Å². The third-order valence-corrected chi connectivity index (χ3v) is 14.1. The quantitative estimate of drug-likeness (QED) is 0.111. The van der Waals surface area contributed by atoms with Gasteiger partial charge in [-0.3, -0.25) is 14.4 Å². The van der Waals surface area contributed by atoms with Gasteiger partial charge in [0, 0.05) is 30.7 Å². The number of hydrogen-bond acceptors (Lipinski definition) is 16. The van der Waals surface area contributed by atoms with Gasteiger partial charge < -0.3 is 53.8 Å². The Kier molecular flexibility index (Phi) is 13.5. The Balaban J connectivity index is 1.41. The Hall–Kier alpha value is -6.14. The molecular formula is C51H59NO16. The molecule has 3 aromatic carbocycles. The van der Waals surface area contributed by atoms with Gasteiger partial charge in [0.1, 0.15) is 35.3 Å². The average Bonchev–Trinajstić information content (AvgIpc) is 3.28. The van der Waals surface area contributed by atoms with Gasteiger partial charge in [0.2, 0.25) is 0 Å². The Morgan fingerprint density at radius 1 is 0.882 bits per heavy atom. The molecule has 7 rings (SSSR count). The number of methoxy groups -OCH3 is 1. The molecule has 1 heterocycles. The monoisotopic (exact) mass is 941 g/mol. The number of ketones is 1. The number of carbonyl (C=O) groups excluding carboxylic acids is 6. The zero-order chi connectivity index (χ0) is 49.7. The van der Waals surface area contributed by atoms with Crippen LogP contribution in [0.1, 0.15) is 101 Å². The smallest absolute Gasteiger partial charge is 0.497 e. The molecule has 4 N–H and O–H groups in total. The minimum absolute atomic E-state index is 0.0425. The highest BCUT2D eigenvalue weighted by Crippen LogP contribution is 2.64. The molecule has 17 nitrogen and oxygen atoms in total. The molecule has 3 aliphatic carbocycles. The standard InChI is InChI=1S/C51H59NO16/c1-27-33(65-45(59)38(55)37(29-17-12-10-13-18-29)52-43(57)30-19-14-11-15-20-30)25-51(61)42(66-44(58)31-21-16-22-32(23-31)62-9)40-49(8,41(56)39(64-28(2)53)36(27)48(51,6)7)34(54)24-35-50(40,26-63-35)68-46(60)67-47(3,4)5/h10-23,33-35,37-40,42,54-55,61H,24-26H2,1-9H3,(H,52,57)/t33-,34-,35+,37-,38+,39+,40-,42-,49+,50-,51+/m0/s1. The lowest BCUT2D eigenvalue weighted by Gasteiger charge is -2.67. The second kappa shape index (κ2) is 18.4. The summed E-state index contributed by atoms with van der Waals surface area (Å²) in [5.41, 5.74) is -8.78. The van der Waals surface area contributed by atoms with Gasteiger partial charge in [-0.2, -0.15) is 0 Å². The molecule has 4 aliphatic rings. The summed E-state index contributed by atoms with van der Waals surface area (Å²) in [6.45, 7) is 11.4. The highest BCUT2D eigenvalue weighted by molar-refractivity contribution is 5.96. The van der Waals surface area contributed by atoms with E-state index in [1.807, 2.05) is 0 Å². The molecule has 3 fully saturated rings. The fourth-order valence-corrected chi connectivity index (χ4v) is 10.5. The molecule has 0 unspecified atom stereocenters. The van der Waals surface area contributed by atoms with Crippen LogP contribution in [0.25, 0.3) is 0 Å². The minimum atomic E-state index is -2.49. The Morgan fingerprint density at radius 2 is 1.51 bits per heavy atom. The van der Waals surface area contributed by atoms with Crippen LogP contribution in [-0.2, 0) is 42.8 Å². The number of benzene rings is 3. The maximum absolute atomic E-state index is 15.7. The number of carbonyl (C=O) groups is 6. The van der Waals surface area contributed by atoms with E-state index < -0.39 is 125 Å². The minimum Gasteiger partial charge on any atom is -0.497 e. The normalized spacial score (nSPS) is 30.3. The summed E-state index contributed by atoms with van der Waals surface area (Å²) in [4.78, 5) is 85.3. The molecular weight excluding hydrogens is 883 g/mol. The highest BCUT2D eigenvalue weighted by atomic mass is 16.8. The number of esters is 3. The zero-order valence-corrected chi connectivity index (χ0v) is 39.5. The molecule has 2 saturated carbocycles. The molecule has 2 bridgehead atoms. The van der Waals surface area contributed by atoms with Gasteiger partial charge in [-0.25, -0.2) is 14.4 Å². The Morgan fingerprint density at radius 3 is 2.10 bits per heavy atom. The molecule has 1 amide bonds. The fourth-order valence-electron chi connectivity index (χ4n) is 10.5. The number of fused-ring (bicyclic) bond motifs is 5. The first kappa shape index (κ1) is 49.8. The van der Waals surface area contributed by atoms with Gasteiger partial charge in [-0.05, 0) is 81.7 Å². The van der Waals surface area contributed by atoms with Crippen molar-refractivity contribution in [2.75, 3.05) is 13.7 Å². The largest absolute Gasteiger partial charge is 0.509 e. The second-order valence-corrected chi connectivity index (χ2v) is 19.7. The molecule has 0 spiro atoms. The lowest BCUT2D eigenvalue weighted by Crippen LogP contribution is -2.82. The summed E-state index contributed by atoms with van der Waals surface area (Å²) in [7, 11) is 1.40. The first-order valence-electron chi connectivity index (χ1n) is 22.4. The number of aliphatic hydroxyl groups excluding tert-OH is 2. The fraction of sp³-hybridized carbons (Fsp3) is 0.490. The van der Waals surface area contributed by atoms with Crippen molar-refractivity contribution < 1.29 is 77.2 Å². The van der Waals surface area contributed by atoms with Crippen LogP contribution >= 0.6 is 0 Å². The highest BCUT2D eigenvalue weighted by Gasteiger charge is 2.78. The summed E-state index contributed by atoms with van der Waals surface area (Å²) in [6.07, 6.45) is -12.3. The average molecular weight is 942 g/mol. The van der Waals surface area contributed by atoms with Crippen LogP contribution in [0, 0.1) is 16.7 Å². The molecule has 1 aliphatic heterocycles. The molecule has 11 atom stereocenters. The van der Waals surface area contributed by atoms with Crippen molar-refractivity contribution in [3.63, 3.8) is 0 Å². The molecule has 17 heteroatoms. The van der Waals surface area contributed by atoms with E-state index in [-0.39, 0.29) is 34.4 Å². The van der Waals surface area contributed by atoms with E-state index in [9.17, 15) is 39.3 Å². The zero-order valence-electron chi connectivity index (χ0n) is 39.5. The summed E-state index contributed by atoms with van der Waals surface area (Å²) in [6, 6.07) is 20.9. The van der Waals surface area contributed by atoms with Crippen LogP contribution in [0.2, 0.25) is 0 Å². The molecule has 1 saturated heterocycles. The SMILES string of the molecule is COc1cccc(C(=O)O[C@H]2[C@@H]3[C@]4(OC(=O)OC(C)(C)C)CO[C@@H]4C[C@H](O)[C@@]3(C)C(=O)[C@H](OC(C)=O)C3=C(C)[C@@H](OC(=O)[C@H](O)[C@@H](NC(=O)c4ccccc4)c4ccccc4)C[C@]2(O)C3(C)C)c1. The molecule has 3 aromatic rings. The van der Waals surface area contributed by atoms with Gasteiger partial charge in [-0.15, -0.1) is 0 Å². The number of amides is 1. The van der Waals surface area contributed by atoms with Crippen molar-refractivity contribution >= 4 is 35.8 Å². The van der Waals surface area contributed by atoms with E-state index >= 15 is 4.79 Å². The van der Waals surface area contributed by atoms with Crippen LogP contribution in [0.15, 0.2) is 96.1 Å². The maximum Gasteiger partial charge on any atom is 0.509 e. The number of Topliss-reactive ketones (excluding diaryl/α,β-unsaturated/α-hetero) is 1. The lowest BCUT2D eigenvalue weighted by molar-refractivity contribution is -0.345. The molecule has 364 valence electrons. The number of hydrogen-bond donors (Lipinski definition) is 4.